The van der Waals surface area contributed by atoms with E-state index in [1.165, 1.54) is 24.4 Å². The van der Waals surface area contributed by atoms with E-state index in [0.29, 0.717) is 25.4 Å². The van der Waals surface area contributed by atoms with Gasteiger partial charge in [0.1, 0.15) is 6.04 Å². The van der Waals surface area contributed by atoms with Crippen molar-refractivity contribution < 1.29 is 27.5 Å². The second-order valence-electron chi connectivity index (χ2n) is 7.94. The standard InChI is InChI=1S/C16H27N5O6S/c22-15(14-3-2-13-9-20(14)16(23)21(13)27-28(24)25)18-26-10-12-6-11(7-17-12)8-19-4-1-5-19/h11-14,17H,1-10H2,(H,18,22)(H,24,25)/t11-,12+,13?,14?/m1/s1. The van der Waals surface area contributed by atoms with Crippen molar-refractivity contribution in [1.29, 1.82) is 0 Å². The average Bonchev–Trinajstić information content (AvgIpc) is 3.17. The van der Waals surface area contributed by atoms with Crippen LogP contribution in [0.1, 0.15) is 25.7 Å². The molecule has 0 aromatic carbocycles. The number of fused-ring (bicyclic) bond motifs is 2. The summed E-state index contributed by atoms with van der Waals surface area (Å²) in [5.41, 5.74) is 2.46. The Balaban J connectivity index is 1.19. The minimum absolute atomic E-state index is 0.208. The van der Waals surface area contributed by atoms with Gasteiger partial charge in [0.25, 0.3) is 5.91 Å². The molecule has 3 N–H and O–H groups in total. The number of hydroxylamine groups is 3. The number of rotatable bonds is 8. The van der Waals surface area contributed by atoms with Gasteiger partial charge >= 0.3 is 17.4 Å². The molecule has 4 heterocycles. The van der Waals surface area contributed by atoms with Crippen molar-refractivity contribution in [3.63, 3.8) is 0 Å². The Labute approximate surface area is 166 Å². The highest BCUT2D eigenvalue weighted by atomic mass is 32.2. The second-order valence-corrected chi connectivity index (χ2v) is 8.52. The Bertz CT molecular complexity index is 635. The molecule has 28 heavy (non-hydrogen) atoms. The maximum Gasteiger partial charge on any atom is 0.346 e. The summed E-state index contributed by atoms with van der Waals surface area (Å²) < 4.78 is 24.4. The van der Waals surface area contributed by atoms with Crippen LogP contribution in [-0.2, 0) is 25.3 Å². The Morgan fingerprint density at radius 2 is 2.18 bits per heavy atom. The second kappa shape index (κ2) is 8.59. The van der Waals surface area contributed by atoms with Crippen LogP contribution in [0.3, 0.4) is 0 Å². The zero-order valence-electron chi connectivity index (χ0n) is 15.6. The molecule has 0 aromatic rings. The monoisotopic (exact) mass is 417 g/mol. The number of hydrogen-bond donors (Lipinski definition) is 3. The number of nitrogens with zero attached hydrogens (tertiary/aromatic N) is 3. The normalized spacial score (nSPS) is 33.8. The molecule has 4 aliphatic heterocycles. The number of likely N-dealkylation sites (tertiary alicyclic amines) is 1. The molecular weight excluding hydrogens is 390 g/mol. The van der Waals surface area contributed by atoms with Crippen molar-refractivity contribution in [3.8, 4) is 0 Å². The Hall–Kier alpha value is -1.31. The minimum Gasteiger partial charge on any atom is -0.311 e. The molecule has 4 saturated heterocycles. The molecular formula is C16H27N5O6S. The summed E-state index contributed by atoms with van der Waals surface area (Å²) in [7, 11) is 0. The Morgan fingerprint density at radius 1 is 1.36 bits per heavy atom. The zero-order valence-corrected chi connectivity index (χ0v) is 16.4. The van der Waals surface area contributed by atoms with Gasteiger partial charge in [-0.3, -0.25) is 14.2 Å². The van der Waals surface area contributed by atoms with Crippen molar-refractivity contribution in [2.45, 2.75) is 43.8 Å². The van der Waals surface area contributed by atoms with E-state index in [9.17, 15) is 13.8 Å². The number of urea groups is 1. The predicted octanol–water partition coefficient (Wildman–Crippen LogP) is -0.945. The van der Waals surface area contributed by atoms with E-state index >= 15 is 0 Å². The number of nitrogens with one attached hydrogen (secondary N) is 2. The van der Waals surface area contributed by atoms with Gasteiger partial charge in [-0.25, -0.2) is 10.3 Å². The summed E-state index contributed by atoms with van der Waals surface area (Å²) in [5, 5.41) is 4.32. The molecule has 3 amide bonds. The van der Waals surface area contributed by atoms with Gasteiger partial charge < -0.3 is 15.1 Å². The number of hydrogen-bond acceptors (Lipinski definition) is 7. The zero-order chi connectivity index (χ0) is 19.7. The summed E-state index contributed by atoms with van der Waals surface area (Å²) in [4.78, 5) is 34.0. The van der Waals surface area contributed by atoms with Crippen LogP contribution in [0.15, 0.2) is 0 Å². The van der Waals surface area contributed by atoms with Crippen LogP contribution in [0.25, 0.3) is 0 Å². The van der Waals surface area contributed by atoms with E-state index in [-0.39, 0.29) is 24.5 Å². The predicted molar refractivity (Wildman–Crippen MR) is 97.7 cm³/mol. The maximum absolute atomic E-state index is 12.5. The quantitative estimate of drug-likeness (QED) is 0.341. The van der Waals surface area contributed by atoms with E-state index in [2.05, 4.69) is 20.0 Å². The van der Waals surface area contributed by atoms with Gasteiger partial charge in [-0.15, -0.1) is 4.28 Å². The SMILES string of the molecule is O=C(NOC[C@@H]1C[C@@H](CN2CCC2)CN1)C1CCC2CN1C(=O)N2OS(=O)O. The summed E-state index contributed by atoms with van der Waals surface area (Å²) in [6, 6.07) is -1.35. The van der Waals surface area contributed by atoms with Crippen LogP contribution < -0.4 is 10.8 Å². The van der Waals surface area contributed by atoms with Crippen LogP contribution in [0.5, 0.6) is 0 Å². The summed E-state index contributed by atoms with van der Waals surface area (Å²) in [5.74, 6) is 0.235. The summed E-state index contributed by atoms with van der Waals surface area (Å²) in [6.07, 6.45) is 3.28. The fourth-order valence-electron chi connectivity index (χ4n) is 4.45. The van der Waals surface area contributed by atoms with E-state index in [1.54, 1.807) is 0 Å². The van der Waals surface area contributed by atoms with Crippen molar-refractivity contribution in [2.75, 3.05) is 39.3 Å². The van der Waals surface area contributed by atoms with Crippen LogP contribution in [0.2, 0.25) is 0 Å². The van der Waals surface area contributed by atoms with Gasteiger partial charge in [-0.2, -0.15) is 9.27 Å². The van der Waals surface area contributed by atoms with Crippen molar-refractivity contribution >= 4 is 23.3 Å². The molecule has 12 heteroatoms. The minimum atomic E-state index is -2.57. The third-order valence-corrected chi connectivity index (χ3v) is 6.29. The highest BCUT2D eigenvalue weighted by Gasteiger charge is 2.48. The molecule has 11 nitrogen and oxygen atoms in total. The highest BCUT2D eigenvalue weighted by molar-refractivity contribution is 7.74. The number of carbonyl (C=O) groups excluding carboxylic acids is 2. The van der Waals surface area contributed by atoms with Crippen molar-refractivity contribution in [2.24, 2.45) is 5.92 Å². The van der Waals surface area contributed by atoms with E-state index in [0.717, 1.165) is 24.6 Å². The fourth-order valence-corrected chi connectivity index (χ4v) is 4.77. The van der Waals surface area contributed by atoms with Crippen molar-refractivity contribution in [3.05, 3.63) is 0 Å². The molecule has 0 aromatic heterocycles. The van der Waals surface area contributed by atoms with Crippen molar-refractivity contribution in [1.82, 2.24) is 25.7 Å². The molecule has 5 atom stereocenters. The van der Waals surface area contributed by atoms with Crippen LogP contribution in [0, 0.1) is 5.92 Å². The summed E-state index contributed by atoms with van der Waals surface area (Å²) >= 11 is -2.57. The molecule has 0 saturated carbocycles. The molecule has 158 valence electrons. The Kier molecular flexibility index (Phi) is 6.13. The lowest BCUT2D eigenvalue weighted by Gasteiger charge is -2.32. The molecule has 3 unspecified atom stereocenters. The third kappa shape index (κ3) is 4.31. The van der Waals surface area contributed by atoms with Crippen LogP contribution in [-0.4, -0.2) is 93.0 Å². The van der Waals surface area contributed by atoms with E-state index in [1.807, 2.05) is 0 Å². The molecule has 4 aliphatic rings. The Morgan fingerprint density at radius 3 is 2.89 bits per heavy atom. The first-order valence-corrected chi connectivity index (χ1v) is 10.8. The molecule has 0 radical (unpaired) electrons. The first kappa shape index (κ1) is 20.0. The first-order valence-electron chi connectivity index (χ1n) is 9.77. The molecule has 0 aliphatic carbocycles. The smallest absolute Gasteiger partial charge is 0.311 e. The number of piperidine rings is 1. The van der Waals surface area contributed by atoms with Crippen LogP contribution in [0.4, 0.5) is 4.79 Å². The average molecular weight is 417 g/mol. The molecule has 4 fully saturated rings. The van der Waals surface area contributed by atoms with Gasteiger partial charge in [0.2, 0.25) is 0 Å². The van der Waals surface area contributed by atoms with Gasteiger partial charge in [-0.1, -0.05) is 0 Å². The lowest BCUT2D eigenvalue weighted by molar-refractivity contribution is -0.139. The number of carbonyl (C=O) groups is 2. The first-order chi connectivity index (χ1) is 13.5. The highest BCUT2D eigenvalue weighted by Crippen LogP contribution is 2.30. The van der Waals surface area contributed by atoms with Crippen LogP contribution >= 0.6 is 0 Å². The van der Waals surface area contributed by atoms with Gasteiger partial charge in [0, 0.05) is 19.1 Å². The molecule has 0 spiro atoms. The largest absolute Gasteiger partial charge is 0.346 e. The molecule has 4 rings (SSSR count). The van der Waals surface area contributed by atoms with Gasteiger partial charge in [-0.05, 0) is 51.2 Å². The van der Waals surface area contributed by atoms with Gasteiger partial charge in [0.15, 0.2) is 0 Å². The summed E-state index contributed by atoms with van der Waals surface area (Å²) in [6.45, 7) is 5.14. The fraction of sp³-hybridized carbons (Fsp3) is 0.875. The van der Waals surface area contributed by atoms with E-state index < -0.39 is 23.4 Å². The van der Waals surface area contributed by atoms with Gasteiger partial charge in [0.05, 0.1) is 12.6 Å². The number of amides is 3. The maximum atomic E-state index is 12.5. The third-order valence-electron chi connectivity index (χ3n) is 6.00. The van der Waals surface area contributed by atoms with E-state index in [4.69, 9.17) is 9.39 Å². The lowest BCUT2D eigenvalue weighted by Crippen LogP contribution is -2.50. The topological polar surface area (TPSA) is 124 Å². The lowest BCUT2D eigenvalue weighted by atomic mass is 10.0. The molecule has 2 bridgehead atoms.